The van der Waals surface area contributed by atoms with E-state index in [1.165, 1.54) is 0 Å². The van der Waals surface area contributed by atoms with Gasteiger partial charge in [0.05, 0.1) is 11.0 Å². The van der Waals surface area contributed by atoms with Gasteiger partial charge < -0.3 is 10.2 Å². The lowest BCUT2D eigenvalue weighted by molar-refractivity contribution is -0.173. The van der Waals surface area contributed by atoms with Gasteiger partial charge in [0.15, 0.2) is 0 Å². The molecule has 2 bridgehead atoms. The molecule has 0 heterocycles. The van der Waals surface area contributed by atoms with Crippen LogP contribution >= 0.6 is 0 Å². The van der Waals surface area contributed by atoms with Crippen molar-refractivity contribution < 1.29 is 15.0 Å². The van der Waals surface area contributed by atoms with E-state index in [4.69, 9.17) is 0 Å². The van der Waals surface area contributed by atoms with Crippen LogP contribution in [0.5, 0.6) is 0 Å². The van der Waals surface area contributed by atoms with E-state index in [0.717, 1.165) is 44.9 Å². The summed E-state index contributed by atoms with van der Waals surface area (Å²) >= 11 is 0. The number of carbonyl (C=O) groups is 1. The van der Waals surface area contributed by atoms with Gasteiger partial charge in [-0.25, -0.2) is 0 Å². The van der Waals surface area contributed by atoms with Crippen LogP contribution in [-0.2, 0) is 4.79 Å². The molecule has 3 fully saturated rings. The van der Waals surface area contributed by atoms with Crippen LogP contribution in [0.3, 0.4) is 0 Å². The lowest BCUT2D eigenvalue weighted by Crippen LogP contribution is -2.57. The number of carboxylic acid groups (broad SMARTS) is 1. The first-order valence-corrected chi connectivity index (χ1v) is 9.28. The van der Waals surface area contributed by atoms with Crippen molar-refractivity contribution in [2.75, 3.05) is 0 Å². The monoisotopic (exact) mass is 318 g/mol. The molecule has 0 amide bonds. The fraction of sp³-hybridized carbons (Fsp3) is 0.850. The minimum atomic E-state index is -0.611. The van der Waals surface area contributed by atoms with Crippen LogP contribution < -0.4 is 0 Å². The second-order valence-electron chi connectivity index (χ2n) is 9.74. The van der Waals surface area contributed by atoms with Crippen molar-refractivity contribution in [3.8, 4) is 0 Å². The van der Waals surface area contributed by atoms with Crippen LogP contribution in [0.4, 0.5) is 0 Å². The lowest BCUT2D eigenvalue weighted by Gasteiger charge is -2.62. The molecule has 4 aliphatic rings. The Kier molecular flexibility index (Phi) is 3.01. The molecule has 1 spiro atoms. The van der Waals surface area contributed by atoms with E-state index < -0.39 is 17.0 Å². The van der Waals surface area contributed by atoms with Crippen molar-refractivity contribution in [1.82, 2.24) is 0 Å². The Morgan fingerprint density at radius 3 is 2.57 bits per heavy atom. The van der Waals surface area contributed by atoms with E-state index in [1.807, 2.05) is 13.8 Å². The molecule has 0 aromatic rings. The normalized spacial score (nSPS) is 57.7. The second kappa shape index (κ2) is 4.41. The van der Waals surface area contributed by atoms with Crippen molar-refractivity contribution in [1.29, 1.82) is 0 Å². The summed E-state index contributed by atoms with van der Waals surface area (Å²) < 4.78 is 0. The fourth-order valence-electron chi connectivity index (χ4n) is 7.42. The van der Waals surface area contributed by atoms with Crippen LogP contribution in [0.2, 0.25) is 0 Å². The highest BCUT2D eigenvalue weighted by atomic mass is 16.4. The van der Waals surface area contributed by atoms with Gasteiger partial charge in [-0.15, -0.1) is 0 Å². The van der Waals surface area contributed by atoms with E-state index in [1.54, 1.807) is 0 Å². The standard InChI is InChI=1S/C20H30O3/c1-17-8-4-9-18(2,16(21)22)14(17)7-10-20-11-13(5-6-15(17)20)19(3,23)12-20/h5-6,13-15,23H,4,7-12H2,1-3H3,(H,21,22)/t13-,14-,15-,17+,18-,19+,20-/m0/s1. The highest BCUT2D eigenvalue weighted by Gasteiger charge is 2.66. The molecular weight excluding hydrogens is 288 g/mol. The van der Waals surface area contributed by atoms with Crippen LogP contribution in [-0.4, -0.2) is 21.8 Å². The zero-order chi connectivity index (χ0) is 16.7. The molecule has 3 saturated carbocycles. The number of allylic oxidation sites excluding steroid dienone is 1. The van der Waals surface area contributed by atoms with Crippen molar-refractivity contribution in [2.45, 2.75) is 71.3 Å². The van der Waals surface area contributed by atoms with Crippen LogP contribution in [0.15, 0.2) is 12.2 Å². The van der Waals surface area contributed by atoms with Gasteiger partial charge in [0.1, 0.15) is 0 Å². The highest BCUT2D eigenvalue weighted by molar-refractivity contribution is 5.75. The van der Waals surface area contributed by atoms with Crippen LogP contribution in [0.1, 0.15) is 65.7 Å². The minimum Gasteiger partial charge on any atom is -0.481 e. The third-order valence-electron chi connectivity index (χ3n) is 8.44. The van der Waals surface area contributed by atoms with Crippen molar-refractivity contribution in [3.63, 3.8) is 0 Å². The molecule has 2 N–H and O–H groups in total. The number of carboxylic acids is 1. The summed E-state index contributed by atoms with van der Waals surface area (Å²) in [5.74, 6) is 0.357. The summed E-state index contributed by atoms with van der Waals surface area (Å²) in [7, 11) is 0. The Bertz CT molecular complexity index is 579. The molecule has 0 aromatic carbocycles. The van der Waals surface area contributed by atoms with Gasteiger partial charge in [0, 0.05) is 5.92 Å². The third-order valence-corrected chi connectivity index (χ3v) is 8.44. The molecule has 0 saturated heterocycles. The second-order valence-corrected chi connectivity index (χ2v) is 9.74. The largest absolute Gasteiger partial charge is 0.481 e. The van der Waals surface area contributed by atoms with Gasteiger partial charge >= 0.3 is 5.97 Å². The molecule has 0 aromatic heterocycles. The third kappa shape index (κ3) is 1.83. The maximum atomic E-state index is 12.0. The Balaban J connectivity index is 1.77. The quantitative estimate of drug-likeness (QED) is 0.718. The Morgan fingerprint density at radius 2 is 1.87 bits per heavy atom. The summed E-state index contributed by atoms with van der Waals surface area (Å²) in [5.41, 5.74) is -0.907. The van der Waals surface area contributed by atoms with E-state index in [-0.39, 0.29) is 22.7 Å². The summed E-state index contributed by atoms with van der Waals surface area (Å²) in [5, 5.41) is 20.7. The summed E-state index contributed by atoms with van der Waals surface area (Å²) in [6.45, 7) is 6.33. The molecule has 0 aliphatic heterocycles. The van der Waals surface area contributed by atoms with E-state index >= 15 is 0 Å². The Labute approximate surface area is 139 Å². The zero-order valence-corrected chi connectivity index (χ0v) is 14.6. The average molecular weight is 318 g/mol. The van der Waals surface area contributed by atoms with Crippen molar-refractivity contribution in [3.05, 3.63) is 12.2 Å². The smallest absolute Gasteiger partial charge is 0.309 e. The Hall–Kier alpha value is -0.830. The molecule has 3 heteroatoms. The zero-order valence-electron chi connectivity index (χ0n) is 14.6. The van der Waals surface area contributed by atoms with Gasteiger partial charge in [-0.2, -0.15) is 0 Å². The molecule has 7 atom stereocenters. The van der Waals surface area contributed by atoms with Gasteiger partial charge in [-0.1, -0.05) is 25.5 Å². The summed E-state index contributed by atoms with van der Waals surface area (Å²) in [6, 6.07) is 0. The highest BCUT2D eigenvalue weighted by Crippen LogP contribution is 2.71. The molecule has 4 aliphatic carbocycles. The summed E-state index contributed by atoms with van der Waals surface area (Å²) in [6.07, 6.45) is 11.6. The van der Waals surface area contributed by atoms with Crippen LogP contribution in [0.25, 0.3) is 0 Å². The first-order valence-electron chi connectivity index (χ1n) is 9.28. The average Bonchev–Trinajstić information content (AvgIpc) is 2.63. The molecule has 4 rings (SSSR count). The first kappa shape index (κ1) is 15.7. The molecular formula is C20H30O3. The van der Waals surface area contributed by atoms with Gasteiger partial charge in [0.2, 0.25) is 0 Å². The minimum absolute atomic E-state index is 0.0610. The number of aliphatic hydroxyl groups is 1. The molecule has 128 valence electrons. The van der Waals surface area contributed by atoms with Crippen molar-refractivity contribution in [2.24, 2.45) is 34.0 Å². The maximum absolute atomic E-state index is 12.0. The van der Waals surface area contributed by atoms with E-state index in [2.05, 4.69) is 19.1 Å². The SMILES string of the molecule is C[C@@]12CCC[C@](C)(C(=O)O)[C@H]1CC[C@@]13C[C@H](C=C[C@H]12)[C@](C)(O)C3. The van der Waals surface area contributed by atoms with Gasteiger partial charge in [-0.3, -0.25) is 4.79 Å². The summed E-state index contributed by atoms with van der Waals surface area (Å²) in [4.78, 5) is 12.0. The number of hydrogen-bond donors (Lipinski definition) is 2. The van der Waals surface area contributed by atoms with Crippen LogP contribution in [0, 0.1) is 34.0 Å². The predicted molar refractivity (Wildman–Crippen MR) is 88.8 cm³/mol. The first-order chi connectivity index (χ1) is 10.6. The molecule has 3 nitrogen and oxygen atoms in total. The maximum Gasteiger partial charge on any atom is 0.309 e. The van der Waals surface area contributed by atoms with Gasteiger partial charge in [0.25, 0.3) is 0 Å². The number of aliphatic carboxylic acids is 1. The van der Waals surface area contributed by atoms with Crippen molar-refractivity contribution >= 4 is 5.97 Å². The van der Waals surface area contributed by atoms with Gasteiger partial charge in [-0.05, 0) is 75.0 Å². The number of rotatable bonds is 1. The molecule has 0 unspecified atom stereocenters. The van der Waals surface area contributed by atoms with E-state index in [9.17, 15) is 15.0 Å². The lowest BCUT2D eigenvalue weighted by atomic mass is 9.42. The predicted octanol–water partition coefficient (Wildman–Crippen LogP) is 4.01. The van der Waals surface area contributed by atoms with E-state index in [0.29, 0.717) is 5.92 Å². The number of hydrogen-bond acceptors (Lipinski definition) is 2. The number of fused-ring (bicyclic) bond motifs is 3. The molecule has 23 heavy (non-hydrogen) atoms. The fourth-order valence-corrected chi connectivity index (χ4v) is 7.42. The topological polar surface area (TPSA) is 57.5 Å². The Morgan fingerprint density at radius 1 is 1.13 bits per heavy atom. The molecule has 0 radical (unpaired) electrons.